The maximum absolute atomic E-state index is 12.1. The number of benzene rings is 2. The molecule has 1 amide bonds. The second-order valence-corrected chi connectivity index (χ2v) is 5.36. The van der Waals surface area contributed by atoms with Crippen molar-refractivity contribution in [3.63, 3.8) is 0 Å². The zero-order valence-corrected chi connectivity index (χ0v) is 13.6. The van der Waals surface area contributed by atoms with Gasteiger partial charge in [0.25, 0.3) is 5.91 Å². The fourth-order valence-corrected chi connectivity index (χ4v) is 2.19. The van der Waals surface area contributed by atoms with Gasteiger partial charge in [0.2, 0.25) is 0 Å². The van der Waals surface area contributed by atoms with E-state index in [4.69, 9.17) is 0 Å². The third kappa shape index (κ3) is 5.00. The molecule has 0 saturated carbocycles. The maximum Gasteiger partial charge on any atom is 0.251 e. The van der Waals surface area contributed by atoms with Gasteiger partial charge in [-0.25, -0.2) is 0 Å². The Morgan fingerprint density at radius 1 is 0.960 bits per heavy atom. The predicted molar refractivity (Wildman–Crippen MR) is 99.5 cm³/mol. The molecule has 0 saturated heterocycles. The van der Waals surface area contributed by atoms with Gasteiger partial charge >= 0.3 is 0 Å². The van der Waals surface area contributed by atoms with Gasteiger partial charge in [-0.15, -0.1) is 0 Å². The lowest BCUT2D eigenvalue weighted by atomic mass is 10.1. The van der Waals surface area contributed by atoms with Crippen LogP contribution in [0.4, 0.5) is 5.69 Å². The number of hydrogen-bond acceptors (Lipinski definition) is 4. The van der Waals surface area contributed by atoms with Gasteiger partial charge in [0.05, 0.1) is 24.1 Å². The third-order valence-corrected chi connectivity index (χ3v) is 3.51. The second kappa shape index (κ2) is 8.40. The molecule has 2 N–H and O–H groups in total. The van der Waals surface area contributed by atoms with Crippen molar-refractivity contribution < 1.29 is 4.79 Å². The first kappa shape index (κ1) is 16.4. The molecule has 0 fully saturated rings. The van der Waals surface area contributed by atoms with Crippen molar-refractivity contribution in [2.45, 2.75) is 6.54 Å². The highest BCUT2D eigenvalue weighted by Crippen LogP contribution is 2.06. The van der Waals surface area contributed by atoms with Crippen LogP contribution in [0.2, 0.25) is 0 Å². The van der Waals surface area contributed by atoms with Crippen molar-refractivity contribution >= 4 is 17.8 Å². The summed E-state index contributed by atoms with van der Waals surface area (Å²) in [5, 5.41) is 7.03. The van der Waals surface area contributed by atoms with Gasteiger partial charge in [-0.2, -0.15) is 5.10 Å². The summed E-state index contributed by atoms with van der Waals surface area (Å²) < 4.78 is 0. The van der Waals surface area contributed by atoms with E-state index in [-0.39, 0.29) is 5.91 Å². The van der Waals surface area contributed by atoms with E-state index in [0.717, 1.165) is 16.9 Å². The van der Waals surface area contributed by atoms with Crippen LogP contribution in [0, 0.1) is 0 Å². The number of pyridine rings is 1. The van der Waals surface area contributed by atoms with Crippen molar-refractivity contribution in [2.24, 2.45) is 5.10 Å². The lowest BCUT2D eigenvalue weighted by Crippen LogP contribution is -2.23. The Balaban J connectivity index is 1.53. The van der Waals surface area contributed by atoms with Crippen LogP contribution < -0.4 is 10.7 Å². The highest BCUT2D eigenvalue weighted by molar-refractivity contribution is 5.95. The van der Waals surface area contributed by atoms with Crippen LogP contribution in [0.3, 0.4) is 0 Å². The molecule has 0 bridgehead atoms. The van der Waals surface area contributed by atoms with Crippen molar-refractivity contribution in [2.75, 3.05) is 5.43 Å². The molecule has 3 aromatic rings. The summed E-state index contributed by atoms with van der Waals surface area (Å²) in [4.78, 5) is 16.3. The SMILES string of the molecule is O=C(NCc1ccccn1)c1ccc(/C=N/Nc2ccccc2)cc1. The van der Waals surface area contributed by atoms with E-state index in [1.165, 1.54) is 0 Å². The summed E-state index contributed by atoms with van der Waals surface area (Å²) in [5.74, 6) is -0.128. The van der Waals surface area contributed by atoms with E-state index in [1.807, 2.05) is 60.7 Å². The van der Waals surface area contributed by atoms with Crippen molar-refractivity contribution in [1.29, 1.82) is 0 Å². The van der Waals surface area contributed by atoms with Gasteiger partial charge < -0.3 is 5.32 Å². The average Bonchev–Trinajstić information content (AvgIpc) is 2.68. The molecule has 0 spiro atoms. The Morgan fingerprint density at radius 3 is 2.44 bits per heavy atom. The highest BCUT2D eigenvalue weighted by atomic mass is 16.1. The molecule has 5 heteroatoms. The number of aromatic nitrogens is 1. The largest absolute Gasteiger partial charge is 0.346 e. The van der Waals surface area contributed by atoms with Crippen LogP contribution in [0.15, 0.2) is 84.1 Å². The molecule has 0 radical (unpaired) electrons. The number of hydrazone groups is 1. The molecular formula is C20H18N4O. The van der Waals surface area contributed by atoms with E-state index in [0.29, 0.717) is 12.1 Å². The summed E-state index contributed by atoms with van der Waals surface area (Å²) in [6.45, 7) is 0.407. The molecule has 1 heterocycles. The van der Waals surface area contributed by atoms with Gasteiger partial charge in [0.1, 0.15) is 0 Å². The molecule has 25 heavy (non-hydrogen) atoms. The monoisotopic (exact) mass is 330 g/mol. The van der Waals surface area contributed by atoms with E-state index in [2.05, 4.69) is 20.8 Å². The summed E-state index contributed by atoms with van der Waals surface area (Å²) in [7, 11) is 0. The quantitative estimate of drug-likeness (QED) is 0.537. The Labute approximate surface area is 146 Å². The molecule has 124 valence electrons. The van der Waals surface area contributed by atoms with Crippen LogP contribution in [0.5, 0.6) is 0 Å². The van der Waals surface area contributed by atoms with E-state index in [1.54, 1.807) is 24.5 Å². The molecule has 2 aromatic carbocycles. The van der Waals surface area contributed by atoms with Crippen molar-refractivity contribution in [1.82, 2.24) is 10.3 Å². The number of carbonyl (C=O) groups excluding carboxylic acids is 1. The Kier molecular flexibility index (Phi) is 5.51. The first-order valence-corrected chi connectivity index (χ1v) is 7.93. The predicted octanol–water partition coefficient (Wildman–Crippen LogP) is 3.46. The van der Waals surface area contributed by atoms with Gasteiger partial charge in [0.15, 0.2) is 0 Å². The maximum atomic E-state index is 12.1. The fourth-order valence-electron chi connectivity index (χ4n) is 2.19. The first-order chi connectivity index (χ1) is 12.3. The lowest BCUT2D eigenvalue weighted by molar-refractivity contribution is 0.0950. The van der Waals surface area contributed by atoms with Crippen LogP contribution in [-0.4, -0.2) is 17.1 Å². The molecule has 0 aliphatic heterocycles. The fraction of sp³-hybridized carbons (Fsp3) is 0.0500. The third-order valence-electron chi connectivity index (χ3n) is 3.51. The molecule has 3 rings (SSSR count). The standard InChI is InChI=1S/C20H18N4O/c25-20(22-15-19-8-4-5-13-21-19)17-11-9-16(10-12-17)14-23-24-18-6-2-1-3-7-18/h1-14,24H,15H2,(H,22,25)/b23-14+. The Hall–Kier alpha value is -3.47. The van der Waals surface area contributed by atoms with Gasteiger partial charge in [-0.05, 0) is 42.0 Å². The Bertz CT molecular complexity index is 831. The summed E-state index contributed by atoms with van der Waals surface area (Å²) in [6, 6.07) is 22.6. The second-order valence-electron chi connectivity index (χ2n) is 5.36. The van der Waals surface area contributed by atoms with Crippen LogP contribution >= 0.6 is 0 Å². The van der Waals surface area contributed by atoms with Crippen LogP contribution in [-0.2, 0) is 6.54 Å². The number of amides is 1. The van der Waals surface area contributed by atoms with Crippen molar-refractivity contribution in [3.8, 4) is 0 Å². The zero-order chi connectivity index (χ0) is 17.3. The number of nitrogens with one attached hydrogen (secondary N) is 2. The minimum absolute atomic E-state index is 0.128. The molecule has 5 nitrogen and oxygen atoms in total. The number of hydrogen-bond donors (Lipinski definition) is 2. The highest BCUT2D eigenvalue weighted by Gasteiger charge is 2.05. The minimum Gasteiger partial charge on any atom is -0.346 e. The first-order valence-electron chi connectivity index (χ1n) is 7.93. The number of anilines is 1. The number of carbonyl (C=O) groups is 1. The topological polar surface area (TPSA) is 66.4 Å². The van der Waals surface area contributed by atoms with E-state index < -0.39 is 0 Å². The molecule has 0 aliphatic carbocycles. The van der Waals surface area contributed by atoms with Crippen molar-refractivity contribution in [3.05, 3.63) is 95.8 Å². The molecular weight excluding hydrogens is 312 g/mol. The molecule has 0 aliphatic rings. The number of para-hydroxylation sites is 1. The lowest BCUT2D eigenvalue weighted by Gasteiger charge is -2.05. The van der Waals surface area contributed by atoms with E-state index in [9.17, 15) is 4.79 Å². The van der Waals surface area contributed by atoms with Crippen LogP contribution in [0.25, 0.3) is 0 Å². The molecule has 0 atom stereocenters. The molecule has 0 unspecified atom stereocenters. The number of rotatable bonds is 6. The van der Waals surface area contributed by atoms with Gasteiger partial charge in [-0.3, -0.25) is 15.2 Å². The van der Waals surface area contributed by atoms with E-state index >= 15 is 0 Å². The summed E-state index contributed by atoms with van der Waals surface area (Å²) in [6.07, 6.45) is 3.42. The zero-order valence-electron chi connectivity index (χ0n) is 13.6. The Morgan fingerprint density at radius 2 is 1.72 bits per heavy atom. The smallest absolute Gasteiger partial charge is 0.251 e. The molecule has 1 aromatic heterocycles. The normalized spacial score (nSPS) is 10.6. The average molecular weight is 330 g/mol. The summed E-state index contributed by atoms with van der Waals surface area (Å²) >= 11 is 0. The minimum atomic E-state index is -0.128. The van der Waals surface area contributed by atoms with Gasteiger partial charge in [0, 0.05) is 11.8 Å². The summed E-state index contributed by atoms with van der Waals surface area (Å²) in [5.41, 5.74) is 6.21. The van der Waals surface area contributed by atoms with Gasteiger partial charge in [-0.1, -0.05) is 36.4 Å². The number of nitrogens with zero attached hydrogens (tertiary/aromatic N) is 2. The van der Waals surface area contributed by atoms with Crippen LogP contribution in [0.1, 0.15) is 21.6 Å².